The Morgan fingerprint density at radius 1 is 0.943 bits per heavy atom. The van der Waals surface area contributed by atoms with Crippen LogP contribution in [0.15, 0.2) is 48.5 Å². The highest BCUT2D eigenvalue weighted by Gasteiger charge is 2.34. The third-order valence-electron chi connectivity index (χ3n) is 6.71. The summed E-state index contributed by atoms with van der Waals surface area (Å²) in [4.78, 5) is 11.9. The van der Waals surface area contributed by atoms with Gasteiger partial charge >= 0.3 is 0 Å². The number of fused-ring (bicyclic) bond motifs is 1. The molecule has 2 aliphatic rings. The number of hydrogen-bond donors (Lipinski definition) is 6. The largest absolute Gasteiger partial charge is 0.341 e. The van der Waals surface area contributed by atoms with Crippen LogP contribution in [0.4, 0.5) is 5.95 Å². The Balaban J connectivity index is 1.38. The van der Waals surface area contributed by atoms with Gasteiger partial charge in [0, 0.05) is 24.2 Å². The normalized spacial score (nSPS) is 18.4. The minimum absolute atomic E-state index is 0.337. The third kappa shape index (κ3) is 4.03. The lowest BCUT2D eigenvalue weighted by atomic mass is 9.82. The molecule has 10 nitrogen and oxygen atoms in total. The van der Waals surface area contributed by atoms with Gasteiger partial charge in [-0.2, -0.15) is 21.2 Å². The summed E-state index contributed by atoms with van der Waals surface area (Å²) in [5.74, 6) is 0.605. The zero-order chi connectivity index (χ0) is 24.0. The summed E-state index contributed by atoms with van der Waals surface area (Å²) in [7, 11) is 0. The Bertz CT molecular complexity index is 1360. The molecule has 4 aromatic rings. The van der Waals surface area contributed by atoms with Crippen molar-refractivity contribution in [1.82, 2.24) is 42.1 Å². The summed E-state index contributed by atoms with van der Waals surface area (Å²) in [6.07, 6.45) is 1.25. The Morgan fingerprint density at radius 3 is 2.43 bits per heavy atom. The standard InChI is InChI=1S/C23H24Cl2N10/c24-15-8-4-7-14(17(15)25)18-16-19(21-31-33-34-32-21)27-22(28-20(16)30-29-18)35-11-9-23(26,10-12-35)13-5-2-1-3-6-13/h1-8,21,31-34H,9-12,26H2,(H,27,28,29,30). The second-order valence-electron chi connectivity index (χ2n) is 8.79. The maximum atomic E-state index is 6.79. The van der Waals surface area contributed by atoms with Crippen LogP contribution in [0.25, 0.3) is 22.3 Å². The monoisotopic (exact) mass is 510 g/mol. The van der Waals surface area contributed by atoms with Crippen LogP contribution in [0.3, 0.4) is 0 Å². The zero-order valence-corrected chi connectivity index (χ0v) is 20.2. The Kier molecular flexibility index (Phi) is 5.81. The number of nitrogens with two attached hydrogens (primary N) is 1. The van der Waals surface area contributed by atoms with Crippen molar-refractivity contribution in [2.45, 2.75) is 24.5 Å². The minimum atomic E-state index is -0.365. The van der Waals surface area contributed by atoms with Crippen LogP contribution in [0.5, 0.6) is 0 Å². The van der Waals surface area contributed by atoms with E-state index in [4.69, 9.17) is 38.9 Å². The predicted molar refractivity (Wildman–Crippen MR) is 136 cm³/mol. The molecule has 6 rings (SSSR count). The van der Waals surface area contributed by atoms with Gasteiger partial charge in [-0.05, 0) is 24.5 Å². The van der Waals surface area contributed by atoms with Crippen LogP contribution < -0.4 is 32.6 Å². The van der Waals surface area contributed by atoms with Crippen LogP contribution >= 0.6 is 23.2 Å². The molecule has 12 heteroatoms. The molecule has 0 atom stereocenters. The second-order valence-corrected chi connectivity index (χ2v) is 9.57. The molecule has 0 unspecified atom stereocenters. The number of piperidine rings is 1. The molecule has 0 radical (unpaired) electrons. The molecule has 2 aromatic heterocycles. The van der Waals surface area contributed by atoms with Crippen molar-refractivity contribution in [2.75, 3.05) is 18.0 Å². The molecular formula is C23H24Cl2N10. The number of nitrogens with one attached hydrogen (secondary N) is 5. The van der Waals surface area contributed by atoms with Gasteiger partial charge in [0.05, 0.1) is 26.8 Å². The molecular weight excluding hydrogens is 487 g/mol. The first-order chi connectivity index (χ1) is 17.0. The van der Waals surface area contributed by atoms with Gasteiger partial charge in [0.25, 0.3) is 0 Å². The highest BCUT2D eigenvalue weighted by molar-refractivity contribution is 6.43. The van der Waals surface area contributed by atoms with Gasteiger partial charge in [0.15, 0.2) is 5.65 Å². The van der Waals surface area contributed by atoms with Crippen LogP contribution in [0.2, 0.25) is 10.0 Å². The first-order valence-electron chi connectivity index (χ1n) is 11.3. The maximum Gasteiger partial charge on any atom is 0.227 e. The molecule has 0 spiro atoms. The highest BCUT2D eigenvalue weighted by atomic mass is 35.5. The van der Waals surface area contributed by atoms with Crippen LogP contribution in [-0.4, -0.2) is 33.3 Å². The molecule has 0 amide bonds. The summed E-state index contributed by atoms with van der Waals surface area (Å²) >= 11 is 12.8. The maximum absolute atomic E-state index is 6.79. The number of rotatable bonds is 4. The van der Waals surface area contributed by atoms with Gasteiger partial charge in [0.2, 0.25) is 5.95 Å². The highest BCUT2D eigenvalue weighted by Crippen LogP contribution is 2.38. The van der Waals surface area contributed by atoms with E-state index >= 15 is 0 Å². The quantitative estimate of drug-likeness (QED) is 0.245. The van der Waals surface area contributed by atoms with Gasteiger partial charge in [-0.15, -0.1) is 0 Å². The molecule has 7 N–H and O–H groups in total. The molecule has 2 saturated heterocycles. The molecule has 35 heavy (non-hydrogen) atoms. The van der Waals surface area contributed by atoms with Crippen molar-refractivity contribution >= 4 is 40.2 Å². The Hall–Kier alpha value is -2.83. The lowest BCUT2D eigenvalue weighted by molar-refractivity contribution is 0.340. The van der Waals surface area contributed by atoms with E-state index in [1.165, 1.54) is 0 Å². The molecule has 4 heterocycles. The van der Waals surface area contributed by atoms with E-state index in [0.717, 1.165) is 48.1 Å². The van der Waals surface area contributed by atoms with Gasteiger partial charge in [-0.25, -0.2) is 15.8 Å². The summed E-state index contributed by atoms with van der Waals surface area (Å²) in [6.45, 7) is 1.46. The second kappa shape index (κ2) is 8.99. The van der Waals surface area contributed by atoms with Crippen molar-refractivity contribution < 1.29 is 0 Å². The van der Waals surface area contributed by atoms with Crippen LogP contribution in [0, 0.1) is 0 Å². The predicted octanol–water partition coefficient (Wildman–Crippen LogP) is 2.90. The lowest BCUT2D eigenvalue weighted by Crippen LogP contribution is -2.48. The topological polar surface area (TPSA) is 132 Å². The first-order valence-corrected chi connectivity index (χ1v) is 12.1. The Morgan fingerprint density at radius 2 is 1.69 bits per heavy atom. The molecule has 2 aromatic carbocycles. The molecule has 0 aliphatic carbocycles. The number of aromatic amines is 1. The van der Waals surface area contributed by atoms with Gasteiger partial charge < -0.3 is 10.6 Å². The Labute approximate surface area is 211 Å². The summed E-state index contributed by atoms with van der Waals surface area (Å²) in [6, 6.07) is 15.8. The van der Waals surface area contributed by atoms with Crippen molar-refractivity contribution in [3.05, 3.63) is 69.8 Å². The van der Waals surface area contributed by atoms with E-state index in [2.05, 4.69) is 49.2 Å². The van der Waals surface area contributed by atoms with E-state index in [9.17, 15) is 0 Å². The number of anilines is 1. The number of aromatic nitrogens is 4. The summed E-state index contributed by atoms with van der Waals surface area (Å²) in [5.41, 5.74) is 22.2. The fourth-order valence-corrected chi connectivity index (χ4v) is 5.13. The van der Waals surface area contributed by atoms with E-state index < -0.39 is 0 Å². The van der Waals surface area contributed by atoms with E-state index in [-0.39, 0.29) is 11.7 Å². The molecule has 0 saturated carbocycles. The molecule has 2 aliphatic heterocycles. The number of nitrogens with zero attached hydrogens (tertiary/aromatic N) is 4. The van der Waals surface area contributed by atoms with E-state index in [0.29, 0.717) is 27.3 Å². The average molecular weight is 511 g/mol. The van der Waals surface area contributed by atoms with Crippen molar-refractivity contribution in [2.24, 2.45) is 5.73 Å². The number of hydrogen-bond acceptors (Lipinski definition) is 9. The number of H-pyrrole nitrogens is 1. The lowest BCUT2D eigenvalue weighted by Gasteiger charge is -2.39. The molecule has 180 valence electrons. The van der Waals surface area contributed by atoms with Crippen LogP contribution in [-0.2, 0) is 5.54 Å². The fraction of sp³-hybridized carbons (Fsp3) is 0.261. The van der Waals surface area contributed by atoms with E-state index in [1.54, 1.807) is 6.07 Å². The summed E-state index contributed by atoms with van der Waals surface area (Å²) < 4.78 is 0. The van der Waals surface area contributed by atoms with Gasteiger partial charge in [-0.1, -0.05) is 65.7 Å². The number of benzene rings is 2. The zero-order valence-electron chi connectivity index (χ0n) is 18.6. The smallest absolute Gasteiger partial charge is 0.227 e. The number of hydrazine groups is 3. The van der Waals surface area contributed by atoms with Crippen molar-refractivity contribution in [3.63, 3.8) is 0 Å². The van der Waals surface area contributed by atoms with Gasteiger partial charge in [-0.3, -0.25) is 5.10 Å². The average Bonchev–Trinajstić information content (AvgIpc) is 3.57. The molecule has 0 bridgehead atoms. The van der Waals surface area contributed by atoms with Crippen LogP contribution in [0.1, 0.15) is 30.3 Å². The molecule has 2 fully saturated rings. The first kappa shape index (κ1) is 22.6. The third-order valence-corrected chi connectivity index (χ3v) is 7.53. The summed E-state index contributed by atoms with van der Waals surface area (Å²) in [5, 5.41) is 9.25. The van der Waals surface area contributed by atoms with Crippen molar-refractivity contribution in [3.8, 4) is 11.3 Å². The van der Waals surface area contributed by atoms with Crippen molar-refractivity contribution in [1.29, 1.82) is 0 Å². The number of halogens is 2. The fourth-order valence-electron chi connectivity index (χ4n) is 4.74. The SMILES string of the molecule is NC1(c2ccccc2)CCN(c2nc(C3NNNN3)c3c(-c4cccc(Cl)c4Cl)[nH]nc3n2)CC1. The minimum Gasteiger partial charge on any atom is -0.341 e. The van der Waals surface area contributed by atoms with E-state index in [1.807, 2.05) is 30.3 Å². The van der Waals surface area contributed by atoms with Gasteiger partial charge in [0.1, 0.15) is 6.17 Å².